The maximum absolute atomic E-state index is 12.6. The second kappa shape index (κ2) is 7.26. The number of anilines is 1. The molecule has 2 heteroatoms. The topological polar surface area (TPSA) is 20.3 Å². The molecule has 2 nitrogen and oxygen atoms in total. The number of carbonyl (C=O) groups excluding carboxylic acids is 1. The predicted octanol–water partition coefficient (Wildman–Crippen LogP) is 4.65. The molecule has 0 aliphatic rings. The first kappa shape index (κ1) is 16.3. The number of rotatable bonds is 5. The Morgan fingerprint density at radius 3 is 2.09 bits per heavy atom. The first-order valence-corrected chi connectivity index (χ1v) is 7.90. The largest absolute Gasteiger partial charge is 0.315 e. The lowest BCUT2D eigenvalue weighted by molar-refractivity contribution is -0.119. The molecule has 0 fully saturated rings. The number of carbonyl (C=O) groups is 1. The third-order valence-electron chi connectivity index (χ3n) is 3.97. The SMILES string of the molecule is CC(C)Cc1ccc(C(C)C(=O)N(C)c2ccccc2)cc1. The van der Waals surface area contributed by atoms with Gasteiger partial charge in [0.25, 0.3) is 0 Å². The van der Waals surface area contributed by atoms with Crippen LogP contribution in [0.5, 0.6) is 0 Å². The highest BCUT2D eigenvalue weighted by Crippen LogP contribution is 2.22. The van der Waals surface area contributed by atoms with Crippen molar-refractivity contribution in [1.29, 1.82) is 0 Å². The van der Waals surface area contributed by atoms with Crippen LogP contribution in [0, 0.1) is 5.92 Å². The minimum atomic E-state index is -0.140. The highest BCUT2D eigenvalue weighted by Gasteiger charge is 2.20. The van der Waals surface area contributed by atoms with Crippen molar-refractivity contribution in [3.63, 3.8) is 0 Å². The van der Waals surface area contributed by atoms with Gasteiger partial charge < -0.3 is 4.90 Å². The Morgan fingerprint density at radius 1 is 0.955 bits per heavy atom. The average molecular weight is 295 g/mol. The van der Waals surface area contributed by atoms with Crippen LogP contribution in [-0.4, -0.2) is 13.0 Å². The van der Waals surface area contributed by atoms with Gasteiger partial charge >= 0.3 is 0 Å². The van der Waals surface area contributed by atoms with Gasteiger partial charge in [-0.05, 0) is 42.5 Å². The molecule has 1 unspecified atom stereocenters. The van der Waals surface area contributed by atoms with E-state index in [9.17, 15) is 4.79 Å². The molecule has 22 heavy (non-hydrogen) atoms. The number of benzene rings is 2. The Bertz CT molecular complexity index is 601. The normalized spacial score (nSPS) is 12.2. The van der Waals surface area contributed by atoms with Crippen LogP contribution < -0.4 is 4.90 Å². The molecule has 2 aromatic rings. The number of nitrogens with zero attached hydrogens (tertiary/aromatic N) is 1. The molecule has 0 spiro atoms. The molecule has 0 heterocycles. The fourth-order valence-electron chi connectivity index (χ4n) is 2.63. The minimum Gasteiger partial charge on any atom is -0.315 e. The van der Waals surface area contributed by atoms with E-state index in [4.69, 9.17) is 0 Å². The second-order valence-corrected chi connectivity index (χ2v) is 6.29. The van der Waals surface area contributed by atoms with Crippen LogP contribution in [0.3, 0.4) is 0 Å². The summed E-state index contributed by atoms with van der Waals surface area (Å²) in [5.41, 5.74) is 3.32. The van der Waals surface area contributed by atoms with Gasteiger partial charge in [-0.2, -0.15) is 0 Å². The van der Waals surface area contributed by atoms with E-state index in [1.807, 2.05) is 44.3 Å². The standard InChI is InChI=1S/C20H25NO/c1-15(2)14-17-10-12-18(13-11-17)16(3)20(22)21(4)19-8-6-5-7-9-19/h5-13,15-16H,14H2,1-4H3. The molecule has 0 bridgehead atoms. The minimum absolute atomic E-state index is 0.114. The highest BCUT2D eigenvalue weighted by atomic mass is 16.2. The number of hydrogen-bond acceptors (Lipinski definition) is 1. The molecule has 2 rings (SSSR count). The molecule has 0 aliphatic heterocycles. The Morgan fingerprint density at radius 2 is 1.55 bits per heavy atom. The Kier molecular flexibility index (Phi) is 5.37. The quantitative estimate of drug-likeness (QED) is 0.786. The maximum Gasteiger partial charge on any atom is 0.233 e. The molecule has 0 aliphatic carbocycles. The lowest BCUT2D eigenvalue weighted by atomic mass is 9.96. The van der Waals surface area contributed by atoms with Gasteiger partial charge in [0.2, 0.25) is 5.91 Å². The molecule has 0 radical (unpaired) electrons. The zero-order valence-electron chi connectivity index (χ0n) is 13.9. The highest BCUT2D eigenvalue weighted by molar-refractivity contribution is 5.97. The number of hydrogen-bond donors (Lipinski definition) is 0. The van der Waals surface area contributed by atoms with Crippen molar-refractivity contribution in [2.75, 3.05) is 11.9 Å². The van der Waals surface area contributed by atoms with Gasteiger partial charge in [0.15, 0.2) is 0 Å². The summed E-state index contributed by atoms with van der Waals surface area (Å²) in [4.78, 5) is 14.4. The Balaban J connectivity index is 2.10. The third-order valence-corrected chi connectivity index (χ3v) is 3.97. The fourth-order valence-corrected chi connectivity index (χ4v) is 2.63. The van der Waals surface area contributed by atoms with E-state index in [-0.39, 0.29) is 11.8 Å². The van der Waals surface area contributed by atoms with Crippen LogP contribution in [0.4, 0.5) is 5.69 Å². The van der Waals surface area contributed by atoms with Crippen LogP contribution in [-0.2, 0) is 11.2 Å². The predicted molar refractivity (Wildman–Crippen MR) is 93.3 cm³/mol. The summed E-state index contributed by atoms with van der Waals surface area (Å²) in [6.07, 6.45) is 1.08. The number of amides is 1. The second-order valence-electron chi connectivity index (χ2n) is 6.29. The lowest BCUT2D eigenvalue weighted by Gasteiger charge is -2.22. The van der Waals surface area contributed by atoms with Crippen LogP contribution in [0.2, 0.25) is 0 Å². The summed E-state index contributed by atoms with van der Waals surface area (Å²) in [7, 11) is 1.83. The summed E-state index contributed by atoms with van der Waals surface area (Å²) in [5.74, 6) is 0.621. The van der Waals surface area contributed by atoms with E-state index < -0.39 is 0 Å². The van der Waals surface area contributed by atoms with Crippen molar-refractivity contribution >= 4 is 11.6 Å². The fraction of sp³-hybridized carbons (Fsp3) is 0.350. The van der Waals surface area contributed by atoms with Gasteiger partial charge in [-0.1, -0.05) is 56.3 Å². The van der Waals surface area contributed by atoms with E-state index in [0.29, 0.717) is 5.92 Å². The zero-order valence-corrected chi connectivity index (χ0v) is 13.9. The van der Waals surface area contributed by atoms with Crippen molar-refractivity contribution in [2.45, 2.75) is 33.1 Å². The molecule has 2 aromatic carbocycles. The van der Waals surface area contributed by atoms with Crippen molar-refractivity contribution in [3.8, 4) is 0 Å². The van der Waals surface area contributed by atoms with Crippen molar-refractivity contribution in [3.05, 3.63) is 65.7 Å². The van der Waals surface area contributed by atoms with Crippen LogP contribution in [0.25, 0.3) is 0 Å². The maximum atomic E-state index is 12.6. The first-order valence-electron chi connectivity index (χ1n) is 7.90. The van der Waals surface area contributed by atoms with Crippen LogP contribution >= 0.6 is 0 Å². The van der Waals surface area contributed by atoms with Crippen LogP contribution in [0.15, 0.2) is 54.6 Å². The van der Waals surface area contributed by atoms with E-state index in [0.717, 1.165) is 17.7 Å². The molecule has 116 valence electrons. The molecule has 0 saturated carbocycles. The van der Waals surface area contributed by atoms with Crippen molar-refractivity contribution < 1.29 is 4.79 Å². The van der Waals surface area contributed by atoms with Gasteiger partial charge in [-0.15, -0.1) is 0 Å². The van der Waals surface area contributed by atoms with E-state index in [2.05, 4.69) is 38.1 Å². The van der Waals surface area contributed by atoms with Gasteiger partial charge in [0, 0.05) is 12.7 Å². The lowest BCUT2D eigenvalue weighted by Crippen LogP contribution is -2.30. The smallest absolute Gasteiger partial charge is 0.233 e. The molecule has 1 atom stereocenters. The Hall–Kier alpha value is -2.09. The van der Waals surface area contributed by atoms with Gasteiger partial charge in [0.05, 0.1) is 5.92 Å². The molecular weight excluding hydrogens is 270 g/mol. The van der Waals surface area contributed by atoms with E-state index in [1.54, 1.807) is 4.90 Å². The molecular formula is C20H25NO. The monoisotopic (exact) mass is 295 g/mol. The first-order chi connectivity index (χ1) is 10.5. The molecule has 0 N–H and O–H groups in total. The van der Waals surface area contributed by atoms with Gasteiger partial charge in [0.1, 0.15) is 0 Å². The average Bonchev–Trinajstić information content (AvgIpc) is 2.54. The summed E-state index contributed by atoms with van der Waals surface area (Å²) >= 11 is 0. The summed E-state index contributed by atoms with van der Waals surface area (Å²) in [6.45, 7) is 6.41. The van der Waals surface area contributed by atoms with Gasteiger partial charge in [-0.3, -0.25) is 4.79 Å². The van der Waals surface area contributed by atoms with E-state index in [1.165, 1.54) is 5.56 Å². The summed E-state index contributed by atoms with van der Waals surface area (Å²) in [5, 5.41) is 0. The summed E-state index contributed by atoms with van der Waals surface area (Å²) < 4.78 is 0. The van der Waals surface area contributed by atoms with Crippen molar-refractivity contribution in [1.82, 2.24) is 0 Å². The summed E-state index contributed by atoms with van der Waals surface area (Å²) in [6, 6.07) is 18.2. The van der Waals surface area contributed by atoms with Crippen LogP contribution in [0.1, 0.15) is 37.8 Å². The van der Waals surface area contributed by atoms with Gasteiger partial charge in [-0.25, -0.2) is 0 Å². The number of likely N-dealkylation sites (N-methyl/N-ethyl adjacent to an activating group) is 1. The van der Waals surface area contributed by atoms with Crippen molar-refractivity contribution in [2.24, 2.45) is 5.92 Å². The zero-order chi connectivity index (χ0) is 16.1. The molecule has 0 saturated heterocycles. The molecule has 1 amide bonds. The number of para-hydroxylation sites is 1. The van der Waals surface area contributed by atoms with E-state index >= 15 is 0 Å². The Labute approximate surface area is 133 Å². The molecule has 0 aromatic heterocycles. The third kappa shape index (κ3) is 3.97.